The second-order valence-electron chi connectivity index (χ2n) is 5.00. The molecule has 1 aliphatic rings. The summed E-state index contributed by atoms with van der Waals surface area (Å²) in [5.41, 5.74) is 2.63. The molecule has 0 saturated heterocycles. The van der Waals surface area contributed by atoms with E-state index in [4.69, 9.17) is 0 Å². The fourth-order valence-electron chi connectivity index (χ4n) is 2.45. The lowest BCUT2D eigenvalue weighted by molar-refractivity contribution is 0.308. The lowest BCUT2D eigenvalue weighted by atomic mass is 10.1. The lowest BCUT2D eigenvalue weighted by Crippen LogP contribution is -2.28. The highest BCUT2D eigenvalue weighted by molar-refractivity contribution is 7.99. The van der Waals surface area contributed by atoms with Crippen LogP contribution in [0.25, 0.3) is 0 Å². The van der Waals surface area contributed by atoms with Crippen LogP contribution in [0.15, 0.2) is 58.3 Å². The van der Waals surface area contributed by atoms with Crippen molar-refractivity contribution in [3.8, 4) is 0 Å². The minimum absolute atomic E-state index is 0.400. The van der Waals surface area contributed by atoms with E-state index in [1.807, 2.05) is 11.8 Å². The fraction of sp³-hybridized carbons (Fsp3) is 0.250. The molecular formula is C16H18N2S. The van der Waals surface area contributed by atoms with Crippen molar-refractivity contribution in [1.82, 2.24) is 4.90 Å². The van der Waals surface area contributed by atoms with Crippen LogP contribution in [0.3, 0.4) is 0 Å². The smallest absolute Gasteiger partial charge is 0.0527 e. The number of rotatable bonds is 1. The quantitative estimate of drug-likeness (QED) is 0.847. The third-order valence-electron chi connectivity index (χ3n) is 3.49. The van der Waals surface area contributed by atoms with Crippen molar-refractivity contribution in [3.63, 3.8) is 0 Å². The molecule has 98 valence electrons. The van der Waals surface area contributed by atoms with Crippen LogP contribution in [0.5, 0.6) is 0 Å². The number of hydrogen-bond acceptors (Lipinski definition) is 3. The summed E-state index contributed by atoms with van der Waals surface area (Å²) in [6, 6.07) is 17.6. The first-order valence-electron chi connectivity index (χ1n) is 6.52. The van der Waals surface area contributed by atoms with Crippen LogP contribution in [0.4, 0.5) is 5.69 Å². The molecule has 2 aromatic rings. The van der Waals surface area contributed by atoms with E-state index in [1.54, 1.807) is 0 Å². The van der Waals surface area contributed by atoms with Crippen LogP contribution >= 0.6 is 11.8 Å². The maximum Gasteiger partial charge on any atom is 0.0527 e. The van der Waals surface area contributed by atoms with Crippen LogP contribution in [-0.4, -0.2) is 25.5 Å². The van der Waals surface area contributed by atoms with E-state index in [9.17, 15) is 0 Å². The first-order chi connectivity index (χ1) is 9.25. The summed E-state index contributed by atoms with van der Waals surface area (Å²) < 4.78 is 0. The SMILES string of the molecule is CN(C)C1CNc2ccccc2Sc2ccccc21. The molecule has 3 rings (SSSR count). The molecule has 0 fully saturated rings. The molecule has 0 aromatic heterocycles. The highest BCUT2D eigenvalue weighted by atomic mass is 32.2. The molecule has 0 bridgehead atoms. The molecule has 1 N–H and O–H groups in total. The first-order valence-corrected chi connectivity index (χ1v) is 7.33. The van der Waals surface area contributed by atoms with Crippen molar-refractivity contribution in [2.45, 2.75) is 15.8 Å². The van der Waals surface area contributed by atoms with E-state index in [2.05, 4.69) is 72.8 Å². The van der Waals surface area contributed by atoms with Gasteiger partial charge in [-0.1, -0.05) is 42.1 Å². The molecule has 2 aromatic carbocycles. The van der Waals surface area contributed by atoms with Crippen LogP contribution < -0.4 is 5.32 Å². The van der Waals surface area contributed by atoms with E-state index in [-0.39, 0.29) is 0 Å². The van der Waals surface area contributed by atoms with Crippen LogP contribution in [0.1, 0.15) is 11.6 Å². The Balaban J connectivity index is 2.08. The molecule has 1 atom stereocenters. The average Bonchev–Trinajstić information content (AvgIpc) is 2.39. The fourth-order valence-corrected chi connectivity index (χ4v) is 3.55. The predicted molar refractivity (Wildman–Crippen MR) is 81.9 cm³/mol. The number of benzene rings is 2. The van der Waals surface area contributed by atoms with Crippen LogP contribution in [0, 0.1) is 0 Å². The number of fused-ring (bicyclic) bond motifs is 2. The van der Waals surface area contributed by atoms with Crippen molar-refractivity contribution in [2.24, 2.45) is 0 Å². The lowest BCUT2D eigenvalue weighted by Gasteiger charge is -2.30. The zero-order valence-corrected chi connectivity index (χ0v) is 12.1. The molecule has 1 aliphatic heterocycles. The van der Waals surface area contributed by atoms with Gasteiger partial charge < -0.3 is 10.2 Å². The Labute approximate surface area is 118 Å². The normalized spacial score (nSPS) is 17.9. The molecule has 19 heavy (non-hydrogen) atoms. The van der Waals surface area contributed by atoms with E-state index in [1.165, 1.54) is 21.0 Å². The van der Waals surface area contributed by atoms with Crippen molar-refractivity contribution >= 4 is 17.4 Å². The summed E-state index contributed by atoms with van der Waals surface area (Å²) in [4.78, 5) is 4.93. The third kappa shape index (κ3) is 2.48. The minimum atomic E-state index is 0.400. The summed E-state index contributed by atoms with van der Waals surface area (Å²) in [7, 11) is 4.28. The number of para-hydroxylation sites is 1. The summed E-state index contributed by atoms with van der Waals surface area (Å²) in [5, 5.41) is 3.57. The Bertz CT molecular complexity index is 580. The Morgan fingerprint density at radius 3 is 2.47 bits per heavy atom. The van der Waals surface area contributed by atoms with Crippen molar-refractivity contribution in [1.29, 1.82) is 0 Å². The summed E-state index contributed by atoms with van der Waals surface area (Å²) in [6.07, 6.45) is 0. The molecule has 1 unspecified atom stereocenters. The maximum absolute atomic E-state index is 3.57. The molecule has 0 saturated carbocycles. The van der Waals surface area contributed by atoms with Crippen LogP contribution in [-0.2, 0) is 0 Å². The Morgan fingerprint density at radius 1 is 1.00 bits per heavy atom. The molecule has 0 spiro atoms. The summed E-state index contributed by atoms with van der Waals surface area (Å²) in [6.45, 7) is 0.932. The van der Waals surface area contributed by atoms with Gasteiger partial charge in [0.25, 0.3) is 0 Å². The number of likely N-dealkylation sites (N-methyl/N-ethyl adjacent to an activating group) is 1. The van der Waals surface area contributed by atoms with E-state index in [0.29, 0.717) is 6.04 Å². The third-order valence-corrected chi connectivity index (χ3v) is 4.66. The second kappa shape index (κ2) is 5.27. The van der Waals surface area contributed by atoms with Gasteiger partial charge in [-0.15, -0.1) is 0 Å². The van der Waals surface area contributed by atoms with Gasteiger partial charge in [-0.3, -0.25) is 0 Å². The zero-order chi connectivity index (χ0) is 13.2. The zero-order valence-electron chi connectivity index (χ0n) is 11.3. The van der Waals surface area contributed by atoms with Gasteiger partial charge in [-0.2, -0.15) is 0 Å². The number of nitrogens with zero attached hydrogens (tertiary/aromatic N) is 1. The Hall–Kier alpha value is -1.45. The number of nitrogens with one attached hydrogen (secondary N) is 1. The van der Waals surface area contributed by atoms with E-state index in [0.717, 1.165) is 6.54 Å². The molecule has 1 heterocycles. The van der Waals surface area contributed by atoms with Gasteiger partial charge in [-0.05, 0) is 37.9 Å². The van der Waals surface area contributed by atoms with Gasteiger partial charge in [0.15, 0.2) is 0 Å². The topological polar surface area (TPSA) is 15.3 Å². The maximum atomic E-state index is 3.57. The van der Waals surface area contributed by atoms with Gasteiger partial charge in [0.05, 0.1) is 6.04 Å². The van der Waals surface area contributed by atoms with Crippen molar-refractivity contribution in [3.05, 3.63) is 54.1 Å². The Kier molecular flexibility index (Phi) is 3.49. The van der Waals surface area contributed by atoms with Gasteiger partial charge in [0.1, 0.15) is 0 Å². The summed E-state index contributed by atoms with van der Waals surface area (Å²) >= 11 is 1.85. The second-order valence-corrected chi connectivity index (χ2v) is 6.08. The molecule has 3 heteroatoms. The monoisotopic (exact) mass is 270 g/mol. The van der Waals surface area contributed by atoms with Crippen LogP contribution in [0.2, 0.25) is 0 Å². The van der Waals surface area contributed by atoms with Crippen molar-refractivity contribution < 1.29 is 0 Å². The molecule has 0 radical (unpaired) electrons. The van der Waals surface area contributed by atoms with E-state index >= 15 is 0 Å². The Morgan fingerprint density at radius 2 is 1.68 bits per heavy atom. The predicted octanol–water partition coefficient (Wildman–Crippen LogP) is 3.87. The molecule has 0 aliphatic carbocycles. The average molecular weight is 270 g/mol. The van der Waals surface area contributed by atoms with Gasteiger partial charge in [0, 0.05) is 22.0 Å². The highest BCUT2D eigenvalue weighted by Crippen LogP contribution is 2.40. The largest absolute Gasteiger partial charge is 0.382 e. The molecule has 0 amide bonds. The van der Waals surface area contributed by atoms with E-state index < -0.39 is 0 Å². The molecule has 2 nitrogen and oxygen atoms in total. The number of anilines is 1. The van der Waals surface area contributed by atoms with Gasteiger partial charge >= 0.3 is 0 Å². The number of hydrogen-bond donors (Lipinski definition) is 1. The summed E-state index contributed by atoms with van der Waals surface area (Å²) in [5.74, 6) is 0. The minimum Gasteiger partial charge on any atom is -0.382 e. The molecular weight excluding hydrogens is 252 g/mol. The standard InChI is InChI=1S/C16H18N2S/c1-18(2)14-11-17-13-8-4-6-10-16(13)19-15-9-5-3-7-12(14)15/h3-10,14,17H,11H2,1-2H3. The van der Waals surface area contributed by atoms with Crippen molar-refractivity contribution in [2.75, 3.05) is 26.0 Å². The van der Waals surface area contributed by atoms with Gasteiger partial charge in [0.2, 0.25) is 0 Å². The van der Waals surface area contributed by atoms with Gasteiger partial charge in [-0.25, -0.2) is 0 Å². The first kappa shape index (κ1) is 12.6. The highest BCUT2D eigenvalue weighted by Gasteiger charge is 2.21.